The first-order chi connectivity index (χ1) is 8.69. The van der Waals surface area contributed by atoms with Gasteiger partial charge in [0.25, 0.3) is 0 Å². The minimum absolute atomic E-state index is 0.162. The summed E-state index contributed by atoms with van der Waals surface area (Å²) in [5, 5.41) is 0.531. The number of alkyl halides is 1. The lowest BCUT2D eigenvalue weighted by atomic mass is 10.1. The smallest absolute Gasteiger partial charge is 0.207 e. The average Bonchev–Trinajstić information content (AvgIpc) is 2.23. The molecule has 0 aliphatic rings. The van der Waals surface area contributed by atoms with Crippen LogP contribution in [0.15, 0.2) is 17.0 Å². The van der Waals surface area contributed by atoms with Crippen molar-refractivity contribution >= 4 is 26.0 Å². The second kappa shape index (κ2) is 6.33. The molecule has 0 spiro atoms. The summed E-state index contributed by atoms with van der Waals surface area (Å²) in [6.07, 6.45) is 0. The van der Waals surface area contributed by atoms with Crippen LogP contribution in [0.3, 0.4) is 0 Å². The van der Waals surface area contributed by atoms with E-state index in [1.165, 1.54) is 12.1 Å². The number of nitrogens with one attached hydrogen (secondary N) is 1. The van der Waals surface area contributed by atoms with Crippen molar-refractivity contribution in [2.45, 2.75) is 38.6 Å². The summed E-state index contributed by atoms with van der Waals surface area (Å²) in [6.45, 7) is 7.09. The molecule has 1 N–H and O–H groups in total. The Morgan fingerprint density at radius 3 is 2.11 bits per heavy atom. The highest BCUT2D eigenvalue weighted by molar-refractivity contribution is 9.09. The van der Waals surface area contributed by atoms with E-state index in [9.17, 15) is 12.8 Å². The predicted octanol–water partition coefficient (Wildman–Crippen LogP) is 3.14. The van der Waals surface area contributed by atoms with Gasteiger partial charge in [0.15, 0.2) is 0 Å². The SMILES string of the molecule is Cc1cc(F)cc(C)c1S(=O)(=O)NC(CBr)C(C)C. The Morgan fingerprint density at radius 2 is 1.74 bits per heavy atom. The van der Waals surface area contributed by atoms with Crippen molar-refractivity contribution < 1.29 is 12.8 Å². The fourth-order valence-corrected chi connectivity index (χ4v) is 4.89. The Kier molecular flexibility index (Phi) is 5.53. The van der Waals surface area contributed by atoms with E-state index in [-0.39, 0.29) is 16.9 Å². The van der Waals surface area contributed by atoms with Gasteiger partial charge in [-0.3, -0.25) is 0 Å². The van der Waals surface area contributed by atoms with Crippen LogP contribution < -0.4 is 4.72 Å². The van der Waals surface area contributed by atoms with Gasteiger partial charge in [0.05, 0.1) is 4.90 Å². The highest BCUT2D eigenvalue weighted by atomic mass is 79.9. The largest absolute Gasteiger partial charge is 0.241 e. The van der Waals surface area contributed by atoms with Crippen LogP contribution in [-0.4, -0.2) is 19.8 Å². The Balaban J connectivity index is 3.21. The fraction of sp³-hybridized carbons (Fsp3) is 0.538. The van der Waals surface area contributed by atoms with Gasteiger partial charge in [0.1, 0.15) is 5.82 Å². The lowest BCUT2D eigenvalue weighted by molar-refractivity contribution is 0.483. The van der Waals surface area contributed by atoms with Gasteiger partial charge in [-0.2, -0.15) is 0 Å². The topological polar surface area (TPSA) is 46.2 Å². The van der Waals surface area contributed by atoms with E-state index in [0.717, 1.165) is 0 Å². The molecule has 3 nitrogen and oxygen atoms in total. The van der Waals surface area contributed by atoms with E-state index in [2.05, 4.69) is 20.7 Å². The van der Waals surface area contributed by atoms with Gasteiger partial charge in [-0.1, -0.05) is 29.8 Å². The van der Waals surface area contributed by atoms with E-state index in [4.69, 9.17) is 0 Å². The van der Waals surface area contributed by atoms with Crippen molar-refractivity contribution in [1.82, 2.24) is 4.72 Å². The fourth-order valence-electron chi connectivity index (χ4n) is 1.93. The Morgan fingerprint density at radius 1 is 1.26 bits per heavy atom. The standard InChI is InChI=1S/C13H19BrFNO2S/c1-8(2)12(7-14)16-19(17,18)13-9(3)5-11(15)6-10(13)4/h5-6,8,12,16H,7H2,1-4H3. The molecule has 19 heavy (non-hydrogen) atoms. The maximum Gasteiger partial charge on any atom is 0.241 e. The second-order valence-corrected chi connectivity index (χ2v) is 7.29. The molecule has 6 heteroatoms. The summed E-state index contributed by atoms with van der Waals surface area (Å²) in [7, 11) is -3.64. The molecule has 0 aromatic heterocycles. The molecule has 1 unspecified atom stereocenters. The minimum atomic E-state index is -3.64. The molecule has 0 aliphatic carbocycles. The van der Waals surface area contributed by atoms with Crippen LogP contribution >= 0.6 is 15.9 Å². The zero-order chi connectivity index (χ0) is 14.8. The third kappa shape index (κ3) is 4.00. The Labute approximate surface area is 122 Å². The van der Waals surface area contributed by atoms with Crippen LogP contribution in [0.5, 0.6) is 0 Å². The van der Waals surface area contributed by atoms with E-state index < -0.39 is 15.8 Å². The molecule has 0 amide bonds. The van der Waals surface area contributed by atoms with Gasteiger partial charge in [0.2, 0.25) is 10.0 Å². The molecule has 0 aliphatic heterocycles. The second-order valence-electron chi connectivity index (χ2n) is 4.99. The number of hydrogen-bond acceptors (Lipinski definition) is 2. The Bertz CT molecular complexity index is 535. The van der Waals surface area contributed by atoms with Gasteiger partial charge in [-0.25, -0.2) is 17.5 Å². The maximum absolute atomic E-state index is 13.2. The van der Waals surface area contributed by atoms with E-state index in [0.29, 0.717) is 16.5 Å². The molecule has 0 bridgehead atoms. The van der Waals surface area contributed by atoms with Crippen molar-refractivity contribution in [2.75, 3.05) is 5.33 Å². The van der Waals surface area contributed by atoms with Crippen LogP contribution in [0.1, 0.15) is 25.0 Å². The quantitative estimate of drug-likeness (QED) is 0.828. The zero-order valence-corrected chi connectivity index (χ0v) is 13.9. The zero-order valence-electron chi connectivity index (χ0n) is 11.5. The maximum atomic E-state index is 13.2. The van der Waals surface area contributed by atoms with Crippen LogP contribution in [0.25, 0.3) is 0 Å². The summed E-state index contributed by atoms with van der Waals surface area (Å²) < 4.78 is 40.7. The first-order valence-corrected chi connectivity index (χ1v) is 8.64. The lowest BCUT2D eigenvalue weighted by Crippen LogP contribution is -2.40. The van der Waals surface area contributed by atoms with Gasteiger partial charge in [-0.15, -0.1) is 0 Å². The van der Waals surface area contributed by atoms with Crippen LogP contribution in [0.2, 0.25) is 0 Å². The van der Waals surface area contributed by atoms with E-state index >= 15 is 0 Å². The van der Waals surface area contributed by atoms with Crippen molar-refractivity contribution in [3.8, 4) is 0 Å². The molecule has 0 saturated heterocycles. The van der Waals surface area contributed by atoms with Crippen molar-refractivity contribution in [2.24, 2.45) is 5.92 Å². The third-order valence-electron chi connectivity index (χ3n) is 2.97. The number of benzene rings is 1. The molecule has 0 heterocycles. The highest BCUT2D eigenvalue weighted by Gasteiger charge is 2.25. The molecule has 1 aromatic rings. The van der Waals surface area contributed by atoms with Crippen molar-refractivity contribution in [3.63, 3.8) is 0 Å². The van der Waals surface area contributed by atoms with Crippen LogP contribution in [0, 0.1) is 25.6 Å². The molecule has 1 atom stereocenters. The molecule has 0 radical (unpaired) electrons. The molecule has 108 valence electrons. The molecule has 1 rings (SSSR count). The summed E-state index contributed by atoms with van der Waals surface area (Å²) in [5.41, 5.74) is 0.837. The number of sulfonamides is 1. The first-order valence-electron chi connectivity index (χ1n) is 6.04. The number of hydrogen-bond donors (Lipinski definition) is 1. The summed E-state index contributed by atoms with van der Waals surface area (Å²) in [5.74, 6) is -0.259. The average molecular weight is 352 g/mol. The minimum Gasteiger partial charge on any atom is -0.207 e. The molecule has 0 fully saturated rings. The molecular formula is C13H19BrFNO2S. The number of aryl methyl sites for hydroxylation is 2. The monoisotopic (exact) mass is 351 g/mol. The van der Waals surface area contributed by atoms with Gasteiger partial charge >= 0.3 is 0 Å². The Hall–Kier alpha value is -0.460. The first kappa shape index (κ1) is 16.6. The summed E-state index contributed by atoms with van der Waals surface area (Å²) in [6, 6.07) is 2.27. The molecule has 0 saturated carbocycles. The van der Waals surface area contributed by atoms with E-state index in [1.54, 1.807) is 13.8 Å². The highest BCUT2D eigenvalue weighted by Crippen LogP contribution is 2.22. The van der Waals surface area contributed by atoms with Gasteiger partial charge in [0, 0.05) is 11.4 Å². The molecule has 1 aromatic carbocycles. The number of halogens is 2. The summed E-state index contributed by atoms with van der Waals surface area (Å²) >= 11 is 3.30. The summed E-state index contributed by atoms with van der Waals surface area (Å²) in [4.78, 5) is 0.167. The van der Waals surface area contributed by atoms with Crippen LogP contribution in [0.4, 0.5) is 4.39 Å². The van der Waals surface area contributed by atoms with Gasteiger partial charge < -0.3 is 0 Å². The lowest BCUT2D eigenvalue weighted by Gasteiger charge is -2.21. The molecular weight excluding hydrogens is 333 g/mol. The predicted molar refractivity (Wildman–Crippen MR) is 78.6 cm³/mol. The third-order valence-corrected chi connectivity index (χ3v) is 5.46. The van der Waals surface area contributed by atoms with Crippen molar-refractivity contribution in [3.05, 3.63) is 29.1 Å². The number of rotatable bonds is 5. The van der Waals surface area contributed by atoms with Gasteiger partial charge in [-0.05, 0) is 43.0 Å². The normalized spacial score (nSPS) is 13.8. The van der Waals surface area contributed by atoms with E-state index in [1.807, 2.05) is 13.8 Å². The van der Waals surface area contributed by atoms with Crippen molar-refractivity contribution in [1.29, 1.82) is 0 Å². The van der Waals surface area contributed by atoms with Crippen LogP contribution in [-0.2, 0) is 10.0 Å².